The molecule has 0 aliphatic rings. The van der Waals surface area contributed by atoms with Crippen molar-refractivity contribution in [3.63, 3.8) is 0 Å². The zero-order chi connectivity index (χ0) is 12.9. The van der Waals surface area contributed by atoms with Crippen molar-refractivity contribution in [1.29, 1.82) is 0 Å². The van der Waals surface area contributed by atoms with Crippen molar-refractivity contribution in [1.82, 2.24) is 0 Å². The smallest absolute Gasteiger partial charge is 0.240 e. The third kappa shape index (κ3) is 4.84. The van der Waals surface area contributed by atoms with Crippen LogP contribution in [0, 0.1) is 0 Å². The molecule has 1 aromatic carbocycles. The Balaban J connectivity index is 2.68. The van der Waals surface area contributed by atoms with E-state index in [0.29, 0.717) is 24.4 Å². The van der Waals surface area contributed by atoms with Gasteiger partial charge in [-0.1, -0.05) is 12.1 Å². The van der Waals surface area contributed by atoms with Crippen molar-refractivity contribution in [2.24, 2.45) is 5.14 Å². The zero-order valence-electron chi connectivity index (χ0n) is 9.55. The van der Waals surface area contributed by atoms with E-state index in [-0.39, 0.29) is 4.90 Å². The summed E-state index contributed by atoms with van der Waals surface area (Å²) in [6.07, 6.45) is 2.35. The number of nitrogens with two attached hydrogens (primary N) is 1. The maximum Gasteiger partial charge on any atom is 0.240 e. The molecule has 7 heteroatoms. The summed E-state index contributed by atoms with van der Waals surface area (Å²) in [6, 6.07) is 6.46. The molecule has 96 valence electrons. The van der Waals surface area contributed by atoms with Gasteiger partial charge in [-0.2, -0.15) is 0 Å². The van der Waals surface area contributed by atoms with Gasteiger partial charge in [0.25, 0.3) is 0 Å². The average Bonchev–Trinajstić information content (AvgIpc) is 2.23. The van der Waals surface area contributed by atoms with Gasteiger partial charge in [-0.05, 0) is 18.6 Å². The van der Waals surface area contributed by atoms with Crippen LogP contribution in [0.15, 0.2) is 29.2 Å². The lowest BCUT2D eigenvalue weighted by Crippen LogP contribution is -2.15. The van der Waals surface area contributed by atoms with Gasteiger partial charge in [0.05, 0.1) is 5.69 Å². The molecule has 0 radical (unpaired) electrons. The second kappa shape index (κ2) is 6.13. The molecule has 0 aliphatic heterocycles. The molecule has 1 aromatic rings. The molecule has 0 spiro atoms. The van der Waals surface area contributed by atoms with E-state index in [0.717, 1.165) is 0 Å². The highest BCUT2D eigenvalue weighted by atomic mass is 32.2. The first-order valence-electron chi connectivity index (χ1n) is 5.07. The standard InChI is InChI=1S/C10H16N2O3S2/c1-16(13)8-4-7-12-9-5-2-3-6-10(9)17(11,14)15/h2-3,5-6,12H,4,7-8H2,1H3,(H2,11,14,15). The molecule has 1 rings (SSSR count). The van der Waals surface area contributed by atoms with E-state index in [9.17, 15) is 12.6 Å². The Morgan fingerprint density at radius 3 is 2.59 bits per heavy atom. The molecule has 0 aliphatic carbocycles. The molecule has 1 unspecified atom stereocenters. The third-order valence-electron chi connectivity index (χ3n) is 2.12. The lowest BCUT2D eigenvalue weighted by molar-refractivity contribution is 0.598. The Kier molecular flexibility index (Phi) is 5.10. The van der Waals surface area contributed by atoms with E-state index in [4.69, 9.17) is 5.14 Å². The zero-order valence-corrected chi connectivity index (χ0v) is 11.2. The summed E-state index contributed by atoms with van der Waals surface area (Å²) in [7, 11) is -4.54. The lowest BCUT2D eigenvalue weighted by Gasteiger charge is -2.09. The minimum Gasteiger partial charge on any atom is -0.384 e. The van der Waals surface area contributed by atoms with Crippen LogP contribution in [-0.2, 0) is 20.8 Å². The molecule has 0 saturated heterocycles. The second-order valence-corrected chi connectivity index (χ2v) is 6.68. The number of hydrogen-bond donors (Lipinski definition) is 2. The highest BCUT2D eigenvalue weighted by Crippen LogP contribution is 2.18. The number of para-hydroxylation sites is 1. The van der Waals surface area contributed by atoms with Crippen LogP contribution in [-0.4, -0.2) is 31.2 Å². The summed E-state index contributed by atoms with van der Waals surface area (Å²) in [4.78, 5) is 0.0811. The Labute approximate surface area is 104 Å². The fourth-order valence-corrected chi connectivity index (χ4v) is 2.63. The molecule has 5 nitrogen and oxygen atoms in total. The highest BCUT2D eigenvalue weighted by Gasteiger charge is 2.12. The molecule has 0 heterocycles. The van der Waals surface area contributed by atoms with Crippen LogP contribution in [0.5, 0.6) is 0 Å². The van der Waals surface area contributed by atoms with E-state index < -0.39 is 20.8 Å². The normalized spacial score (nSPS) is 13.3. The third-order valence-corrected chi connectivity index (χ3v) is 3.95. The number of benzene rings is 1. The summed E-state index contributed by atoms with van der Waals surface area (Å²) in [5.41, 5.74) is 0.483. The van der Waals surface area contributed by atoms with Crippen LogP contribution < -0.4 is 10.5 Å². The van der Waals surface area contributed by atoms with Crippen molar-refractivity contribution in [3.05, 3.63) is 24.3 Å². The van der Waals surface area contributed by atoms with Crippen LogP contribution >= 0.6 is 0 Å². The van der Waals surface area contributed by atoms with Crippen LogP contribution in [0.4, 0.5) is 5.69 Å². The first-order chi connectivity index (χ1) is 7.91. The SMILES string of the molecule is CS(=O)CCCNc1ccccc1S(N)(=O)=O. The van der Waals surface area contributed by atoms with E-state index in [1.807, 2.05) is 0 Å². The Bertz CT molecular complexity index is 500. The summed E-state index contributed by atoms with van der Waals surface area (Å²) >= 11 is 0. The second-order valence-electron chi connectivity index (χ2n) is 3.60. The monoisotopic (exact) mass is 276 g/mol. The first kappa shape index (κ1) is 14.1. The average molecular weight is 276 g/mol. The van der Waals surface area contributed by atoms with Gasteiger partial charge in [-0.15, -0.1) is 0 Å². The molecular formula is C10H16N2O3S2. The number of primary sulfonamides is 1. The number of sulfonamides is 1. The molecule has 3 N–H and O–H groups in total. The molecule has 0 fully saturated rings. The first-order valence-corrected chi connectivity index (χ1v) is 8.34. The Hall–Kier alpha value is -0.920. The van der Waals surface area contributed by atoms with Gasteiger partial charge in [0.1, 0.15) is 4.90 Å². The van der Waals surface area contributed by atoms with Crippen molar-refractivity contribution < 1.29 is 12.6 Å². The molecule has 0 aromatic heterocycles. The van der Waals surface area contributed by atoms with E-state index >= 15 is 0 Å². The van der Waals surface area contributed by atoms with E-state index in [2.05, 4.69) is 5.32 Å². The van der Waals surface area contributed by atoms with Crippen molar-refractivity contribution in [2.45, 2.75) is 11.3 Å². The summed E-state index contributed by atoms with van der Waals surface area (Å²) in [5.74, 6) is 0.588. The fraction of sp³-hybridized carbons (Fsp3) is 0.400. The summed E-state index contributed by atoms with van der Waals surface area (Å²) in [6.45, 7) is 0.562. The lowest BCUT2D eigenvalue weighted by atomic mass is 10.3. The Morgan fingerprint density at radius 1 is 1.35 bits per heavy atom. The molecular weight excluding hydrogens is 260 g/mol. The summed E-state index contributed by atoms with van der Waals surface area (Å²) < 4.78 is 33.4. The largest absolute Gasteiger partial charge is 0.384 e. The van der Waals surface area contributed by atoms with Crippen LogP contribution in [0.2, 0.25) is 0 Å². The molecule has 1 atom stereocenters. The van der Waals surface area contributed by atoms with Crippen molar-refractivity contribution in [2.75, 3.05) is 23.9 Å². The molecule has 17 heavy (non-hydrogen) atoms. The number of nitrogens with one attached hydrogen (secondary N) is 1. The topological polar surface area (TPSA) is 89.3 Å². The fourth-order valence-electron chi connectivity index (χ4n) is 1.36. The van der Waals surface area contributed by atoms with Gasteiger partial charge in [0.2, 0.25) is 10.0 Å². The van der Waals surface area contributed by atoms with Gasteiger partial charge in [-0.3, -0.25) is 4.21 Å². The molecule has 0 bridgehead atoms. The maximum absolute atomic E-state index is 11.3. The van der Waals surface area contributed by atoms with Crippen molar-refractivity contribution >= 4 is 26.5 Å². The molecule has 0 saturated carbocycles. The van der Waals surface area contributed by atoms with Gasteiger partial charge in [0, 0.05) is 29.4 Å². The highest BCUT2D eigenvalue weighted by molar-refractivity contribution is 7.89. The minimum atomic E-state index is -3.71. The molecule has 0 amide bonds. The minimum absolute atomic E-state index is 0.0811. The summed E-state index contributed by atoms with van der Waals surface area (Å²) in [5, 5.41) is 8.08. The van der Waals surface area contributed by atoms with Gasteiger partial charge < -0.3 is 5.32 Å². The predicted octanol–water partition coefficient (Wildman–Crippen LogP) is 0.515. The Morgan fingerprint density at radius 2 is 2.00 bits per heavy atom. The number of rotatable bonds is 6. The van der Waals surface area contributed by atoms with Crippen LogP contribution in [0.1, 0.15) is 6.42 Å². The van der Waals surface area contributed by atoms with Gasteiger partial charge in [0.15, 0.2) is 0 Å². The van der Waals surface area contributed by atoms with Crippen LogP contribution in [0.25, 0.3) is 0 Å². The van der Waals surface area contributed by atoms with E-state index in [1.165, 1.54) is 6.07 Å². The van der Waals surface area contributed by atoms with Gasteiger partial charge in [-0.25, -0.2) is 13.6 Å². The number of hydrogen-bond acceptors (Lipinski definition) is 4. The van der Waals surface area contributed by atoms with Crippen LogP contribution in [0.3, 0.4) is 0 Å². The van der Waals surface area contributed by atoms with Crippen molar-refractivity contribution in [3.8, 4) is 0 Å². The maximum atomic E-state index is 11.3. The van der Waals surface area contributed by atoms with E-state index in [1.54, 1.807) is 24.5 Å². The van der Waals surface area contributed by atoms with Gasteiger partial charge >= 0.3 is 0 Å². The number of anilines is 1. The predicted molar refractivity (Wildman–Crippen MR) is 69.9 cm³/mol. The quantitative estimate of drug-likeness (QED) is 0.741.